The van der Waals surface area contributed by atoms with Crippen LogP contribution in [0.2, 0.25) is 5.02 Å². The van der Waals surface area contributed by atoms with Crippen molar-refractivity contribution in [2.45, 2.75) is 6.18 Å². The Morgan fingerprint density at radius 3 is 2.33 bits per heavy atom. The molecule has 0 fully saturated rings. The molecule has 5 aromatic rings. The number of hydrogen-bond acceptors (Lipinski definition) is 5. The van der Waals surface area contributed by atoms with Crippen molar-refractivity contribution in [1.82, 2.24) is 14.6 Å². The van der Waals surface area contributed by atoms with Crippen LogP contribution in [-0.4, -0.2) is 26.4 Å². The minimum atomic E-state index is -4.49. The molecule has 0 aliphatic rings. The minimum Gasteiger partial charge on any atom is -0.438 e. The van der Waals surface area contributed by atoms with E-state index >= 15 is 0 Å². The number of nitrogens with one attached hydrogen (secondary N) is 2. The average molecular weight is 552 g/mol. The molecule has 3 aromatic carbocycles. The molecule has 0 unspecified atom stereocenters. The standard InChI is InChI=1S/C27H17ClF3N5O3/c28-19-4-1-3-17(13-19)26(38)32-20-5-2-6-21(14-20)39-24-12-11-23-33-22(15-36(23)35-24)34-25(37)16-7-9-18(10-8-16)27(29,30)31/h1-15H,(H,32,38)(H,34,37). The van der Waals surface area contributed by atoms with Gasteiger partial charge in [0.05, 0.1) is 11.8 Å². The summed E-state index contributed by atoms with van der Waals surface area (Å²) in [6, 6.07) is 20.3. The van der Waals surface area contributed by atoms with Crippen LogP contribution in [-0.2, 0) is 6.18 Å². The summed E-state index contributed by atoms with van der Waals surface area (Å²) in [6.07, 6.45) is -3.06. The molecule has 39 heavy (non-hydrogen) atoms. The van der Waals surface area contributed by atoms with E-state index in [0.29, 0.717) is 27.7 Å². The molecule has 0 aliphatic heterocycles. The van der Waals surface area contributed by atoms with Crippen LogP contribution in [0.4, 0.5) is 24.7 Å². The second-order valence-electron chi connectivity index (χ2n) is 8.22. The van der Waals surface area contributed by atoms with E-state index in [2.05, 4.69) is 20.7 Å². The molecule has 8 nitrogen and oxygen atoms in total. The van der Waals surface area contributed by atoms with Gasteiger partial charge in [-0.15, -0.1) is 5.10 Å². The number of rotatable bonds is 6. The molecule has 0 aliphatic carbocycles. The lowest BCUT2D eigenvalue weighted by molar-refractivity contribution is -0.137. The lowest BCUT2D eigenvalue weighted by atomic mass is 10.1. The van der Waals surface area contributed by atoms with E-state index in [1.54, 1.807) is 60.7 Å². The molecule has 2 amide bonds. The highest BCUT2D eigenvalue weighted by Gasteiger charge is 2.30. The van der Waals surface area contributed by atoms with Gasteiger partial charge >= 0.3 is 6.18 Å². The fourth-order valence-corrected chi connectivity index (χ4v) is 3.76. The van der Waals surface area contributed by atoms with Crippen LogP contribution >= 0.6 is 11.6 Å². The lowest BCUT2D eigenvalue weighted by Crippen LogP contribution is -2.13. The Morgan fingerprint density at radius 1 is 0.846 bits per heavy atom. The Kier molecular flexibility index (Phi) is 6.90. The summed E-state index contributed by atoms with van der Waals surface area (Å²) in [7, 11) is 0. The zero-order chi connectivity index (χ0) is 27.6. The number of amides is 2. The van der Waals surface area contributed by atoms with Crippen LogP contribution in [0.5, 0.6) is 11.6 Å². The number of anilines is 2. The third-order valence-electron chi connectivity index (χ3n) is 5.41. The summed E-state index contributed by atoms with van der Waals surface area (Å²) in [6.45, 7) is 0. The number of halogens is 4. The van der Waals surface area contributed by atoms with Crippen LogP contribution < -0.4 is 15.4 Å². The first-order valence-corrected chi connectivity index (χ1v) is 11.7. The fourth-order valence-electron chi connectivity index (χ4n) is 3.57. The van der Waals surface area contributed by atoms with E-state index in [9.17, 15) is 22.8 Å². The summed E-state index contributed by atoms with van der Waals surface area (Å²) < 4.78 is 45.5. The Morgan fingerprint density at radius 2 is 1.59 bits per heavy atom. The van der Waals surface area contributed by atoms with Crippen molar-refractivity contribution in [1.29, 1.82) is 0 Å². The molecule has 0 radical (unpaired) electrons. The third-order valence-corrected chi connectivity index (χ3v) is 5.65. The molecule has 2 aromatic heterocycles. The lowest BCUT2D eigenvalue weighted by Gasteiger charge is -2.09. The summed E-state index contributed by atoms with van der Waals surface area (Å²) >= 11 is 5.95. The van der Waals surface area contributed by atoms with Gasteiger partial charge in [-0.1, -0.05) is 23.7 Å². The van der Waals surface area contributed by atoms with Gasteiger partial charge in [-0.05, 0) is 60.7 Å². The van der Waals surface area contributed by atoms with Crippen LogP contribution in [0.1, 0.15) is 26.3 Å². The molecule has 0 bridgehead atoms. The van der Waals surface area contributed by atoms with E-state index in [0.717, 1.165) is 24.3 Å². The van der Waals surface area contributed by atoms with Crippen molar-refractivity contribution in [3.8, 4) is 11.6 Å². The van der Waals surface area contributed by atoms with E-state index in [4.69, 9.17) is 16.3 Å². The van der Waals surface area contributed by atoms with Crippen LogP contribution in [0, 0.1) is 0 Å². The van der Waals surface area contributed by atoms with Crippen LogP contribution in [0.25, 0.3) is 5.65 Å². The molecule has 196 valence electrons. The number of imidazole rings is 1. The molecular formula is C27H17ClF3N5O3. The summed E-state index contributed by atoms with van der Waals surface area (Å²) in [4.78, 5) is 29.2. The number of carbonyl (C=O) groups excluding carboxylic acids is 2. The molecule has 12 heteroatoms. The molecule has 2 N–H and O–H groups in total. The molecule has 5 rings (SSSR count). The van der Waals surface area contributed by atoms with Gasteiger partial charge in [-0.25, -0.2) is 9.50 Å². The molecule has 0 spiro atoms. The van der Waals surface area contributed by atoms with Crippen LogP contribution in [0.3, 0.4) is 0 Å². The number of hydrogen-bond donors (Lipinski definition) is 2. The zero-order valence-corrected chi connectivity index (χ0v) is 20.5. The van der Waals surface area contributed by atoms with Gasteiger partial charge in [-0.3, -0.25) is 9.59 Å². The quantitative estimate of drug-likeness (QED) is 0.245. The minimum absolute atomic E-state index is 0.0411. The van der Waals surface area contributed by atoms with Crippen molar-refractivity contribution >= 4 is 40.6 Å². The van der Waals surface area contributed by atoms with Crippen molar-refractivity contribution in [3.05, 3.63) is 113 Å². The van der Waals surface area contributed by atoms with Crippen molar-refractivity contribution in [2.24, 2.45) is 0 Å². The number of nitrogens with zero attached hydrogens (tertiary/aromatic N) is 3. The fraction of sp³-hybridized carbons (Fsp3) is 0.0370. The van der Waals surface area contributed by atoms with Crippen molar-refractivity contribution in [3.63, 3.8) is 0 Å². The van der Waals surface area contributed by atoms with Gasteiger partial charge in [-0.2, -0.15) is 13.2 Å². The average Bonchev–Trinajstić information content (AvgIpc) is 3.30. The Hall–Kier alpha value is -4.90. The maximum Gasteiger partial charge on any atom is 0.416 e. The topological polar surface area (TPSA) is 97.6 Å². The van der Waals surface area contributed by atoms with Gasteiger partial charge in [0.15, 0.2) is 11.5 Å². The third kappa shape index (κ3) is 6.16. The Balaban J connectivity index is 1.26. The first-order valence-electron chi connectivity index (χ1n) is 11.3. The predicted molar refractivity (Wildman–Crippen MR) is 138 cm³/mol. The number of fused-ring (bicyclic) bond motifs is 1. The van der Waals surface area contributed by atoms with Gasteiger partial charge in [0, 0.05) is 34.0 Å². The van der Waals surface area contributed by atoms with Gasteiger partial charge in [0.25, 0.3) is 11.8 Å². The first kappa shape index (κ1) is 25.7. The maximum absolute atomic E-state index is 12.8. The predicted octanol–water partition coefficient (Wildman–Crippen LogP) is 6.70. The van der Waals surface area contributed by atoms with Gasteiger partial charge in [0.2, 0.25) is 5.88 Å². The second kappa shape index (κ2) is 10.5. The summed E-state index contributed by atoms with van der Waals surface area (Å²) in [5, 5.41) is 10.1. The zero-order valence-electron chi connectivity index (χ0n) is 19.7. The smallest absolute Gasteiger partial charge is 0.416 e. The number of benzene rings is 3. The van der Waals surface area contributed by atoms with E-state index in [1.165, 1.54) is 10.7 Å². The molecule has 0 saturated heterocycles. The van der Waals surface area contributed by atoms with E-state index in [-0.39, 0.29) is 23.2 Å². The highest BCUT2D eigenvalue weighted by atomic mass is 35.5. The summed E-state index contributed by atoms with van der Waals surface area (Å²) in [5.74, 6) is -0.200. The van der Waals surface area contributed by atoms with Crippen molar-refractivity contribution < 1.29 is 27.5 Å². The number of alkyl halides is 3. The number of carbonyl (C=O) groups is 2. The highest BCUT2D eigenvalue weighted by molar-refractivity contribution is 6.31. The highest BCUT2D eigenvalue weighted by Crippen LogP contribution is 2.29. The van der Waals surface area contributed by atoms with E-state index < -0.39 is 17.6 Å². The van der Waals surface area contributed by atoms with Crippen molar-refractivity contribution in [2.75, 3.05) is 10.6 Å². The Labute approximate surface area is 224 Å². The Bertz CT molecular complexity index is 1690. The van der Waals surface area contributed by atoms with Gasteiger partial charge < -0.3 is 15.4 Å². The van der Waals surface area contributed by atoms with E-state index in [1.807, 2.05) is 0 Å². The molecular weight excluding hydrogens is 535 g/mol. The summed E-state index contributed by atoms with van der Waals surface area (Å²) in [5.41, 5.74) is 0.487. The number of ether oxygens (including phenoxy) is 1. The van der Waals surface area contributed by atoms with Gasteiger partial charge in [0.1, 0.15) is 5.75 Å². The molecule has 0 atom stereocenters. The SMILES string of the molecule is O=C(Nc1cccc(Oc2ccc3nc(NC(=O)c4ccc(C(F)(F)F)cc4)cn3n2)c1)c1cccc(Cl)c1. The maximum atomic E-state index is 12.8. The number of aromatic nitrogens is 3. The first-order chi connectivity index (χ1) is 18.6. The molecule has 2 heterocycles. The normalized spacial score (nSPS) is 11.3. The second-order valence-corrected chi connectivity index (χ2v) is 8.66. The van der Waals surface area contributed by atoms with Crippen LogP contribution in [0.15, 0.2) is 91.1 Å². The largest absolute Gasteiger partial charge is 0.438 e. The molecule has 0 saturated carbocycles. The monoisotopic (exact) mass is 551 g/mol.